The molecule has 1 rings (SSSR count). The van der Waals surface area contributed by atoms with Crippen LogP contribution in [-0.2, 0) is 19.4 Å². The van der Waals surface area contributed by atoms with Crippen LogP contribution < -0.4 is 5.32 Å². The average Bonchev–Trinajstić information content (AvgIpc) is 2.27. The van der Waals surface area contributed by atoms with Crippen molar-refractivity contribution in [1.29, 1.82) is 0 Å². The molecule has 0 aliphatic heterocycles. The number of carbonyl (C=O) groups is 1. The number of carbonyl (C=O) groups excluding carboxylic acids is 1. The van der Waals surface area contributed by atoms with E-state index in [1.54, 1.807) is 19.1 Å². The third-order valence-electron chi connectivity index (χ3n) is 2.22. The first-order chi connectivity index (χ1) is 7.84. The van der Waals surface area contributed by atoms with Crippen LogP contribution in [0, 0.1) is 0 Å². The number of esters is 1. The van der Waals surface area contributed by atoms with Crippen molar-refractivity contribution in [3.63, 3.8) is 0 Å². The lowest BCUT2D eigenvalue weighted by Crippen LogP contribution is -2.27. The van der Waals surface area contributed by atoms with Crippen molar-refractivity contribution in [3.8, 4) is 0 Å². The summed E-state index contributed by atoms with van der Waals surface area (Å²) in [7, 11) is -1.88. The minimum Gasteiger partial charge on any atom is -0.467 e. The summed E-state index contributed by atoms with van der Waals surface area (Å²) in [6, 6.07) is 5.71. The van der Waals surface area contributed by atoms with E-state index in [0.29, 0.717) is 5.69 Å². The highest BCUT2D eigenvalue weighted by molar-refractivity contribution is 7.90. The minimum atomic E-state index is -3.19. The van der Waals surface area contributed by atoms with Crippen molar-refractivity contribution in [2.75, 3.05) is 18.7 Å². The van der Waals surface area contributed by atoms with Crippen LogP contribution >= 0.6 is 0 Å². The third kappa shape index (κ3) is 3.74. The quantitative estimate of drug-likeness (QED) is 0.817. The Hall–Kier alpha value is -1.56. The molecular weight excluding hydrogens is 242 g/mol. The maximum atomic E-state index is 11.2. The molecule has 0 saturated carbocycles. The molecular formula is C11H15NO4S. The molecule has 1 aromatic rings. The second kappa shape index (κ2) is 5.18. The van der Waals surface area contributed by atoms with Crippen molar-refractivity contribution in [2.24, 2.45) is 0 Å². The Labute approximate surface area is 101 Å². The second-order valence-corrected chi connectivity index (χ2v) is 5.70. The van der Waals surface area contributed by atoms with Crippen molar-refractivity contribution < 1.29 is 17.9 Å². The number of methoxy groups -OCH3 is 1. The van der Waals surface area contributed by atoms with E-state index in [9.17, 15) is 13.2 Å². The molecule has 1 atom stereocenters. The highest BCUT2D eigenvalue weighted by atomic mass is 32.2. The fraction of sp³-hybridized carbons (Fsp3) is 0.364. The van der Waals surface area contributed by atoms with Gasteiger partial charge in [-0.05, 0) is 31.2 Å². The fourth-order valence-corrected chi connectivity index (χ4v) is 1.91. The summed E-state index contributed by atoms with van der Waals surface area (Å²) in [4.78, 5) is 11.4. The molecule has 0 saturated heterocycles. The van der Waals surface area contributed by atoms with E-state index in [-0.39, 0.29) is 10.9 Å². The lowest BCUT2D eigenvalue weighted by Gasteiger charge is -2.12. The van der Waals surface area contributed by atoms with Crippen LogP contribution in [0.3, 0.4) is 0 Å². The molecule has 0 spiro atoms. The normalized spacial score (nSPS) is 12.9. The summed E-state index contributed by atoms with van der Waals surface area (Å²) >= 11 is 0. The highest BCUT2D eigenvalue weighted by Crippen LogP contribution is 2.14. The van der Waals surface area contributed by atoms with Gasteiger partial charge in [0.1, 0.15) is 6.04 Å². The Bertz CT molecular complexity index is 493. The average molecular weight is 257 g/mol. The van der Waals surface area contributed by atoms with Crippen LogP contribution in [0.15, 0.2) is 29.2 Å². The van der Waals surface area contributed by atoms with Gasteiger partial charge in [0.15, 0.2) is 9.84 Å². The van der Waals surface area contributed by atoms with E-state index in [2.05, 4.69) is 10.1 Å². The second-order valence-electron chi connectivity index (χ2n) is 3.69. The maximum Gasteiger partial charge on any atom is 0.327 e. The molecule has 94 valence electrons. The monoisotopic (exact) mass is 257 g/mol. The topological polar surface area (TPSA) is 72.5 Å². The molecule has 0 amide bonds. The Morgan fingerprint density at radius 3 is 2.24 bits per heavy atom. The third-order valence-corrected chi connectivity index (χ3v) is 3.35. The Morgan fingerprint density at radius 2 is 1.82 bits per heavy atom. The van der Waals surface area contributed by atoms with Crippen LogP contribution in [0.2, 0.25) is 0 Å². The smallest absolute Gasteiger partial charge is 0.327 e. The molecule has 0 aliphatic carbocycles. The number of sulfone groups is 1. The number of benzene rings is 1. The summed E-state index contributed by atoms with van der Waals surface area (Å²) in [6.07, 6.45) is 1.15. The SMILES string of the molecule is COC(=O)C(C)Nc1ccc(S(C)(=O)=O)cc1. The predicted octanol–water partition coefficient (Wildman–Crippen LogP) is 1.06. The van der Waals surface area contributed by atoms with Gasteiger partial charge >= 0.3 is 5.97 Å². The van der Waals surface area contributed by atoms with E-state index in [0.717, 1.165) is 6.26 Å². The molecule has 6 heteroatoms. The molecule has 1 N–H and O–H groups in total. The Kier molecular flexibility index (Phi) is 4.11. The molecule has 5 nitrogen and oxygen atoms in total. The van der Waals surface area contributed by atoms with Crippen molar-refractivity contribution >= 4 is 21.5 Å². The summed E-state index contributed by atoms with van der Waals surface area (Å²) < 4.78 is 27.0. The number of hydrogen-bond donors (Lipinski definition) is 1. The van der Waals surface area contributed by atoms with Gasteiger partial charge in [0, 0.05) is 11.9 Å². The molecule has 0 heterocycles. The zero-order valence-electron chi connectivity index (χ0n) is 9.93. The molecule has 0 fully saturated rings. The largest absolute Gasteiger partial charge is 0.467 e. The first kappa shape index (κ1) is 13.5. The number of rotatable bonds is 4. The molecule has 0 bridgehead atoms. The summed E-state index contributed by atoms with van der Waals surface area (Å²) in [6.45, 7) is 1.66. The Balaban J connectivity index is 2.79. The minimum absolute atomic E-state index is 0.244. The van der Waals surface area contributed by atoms with Gasteiger partial charge in [-0.3, -0.25) is 0 Å². The molecule has 0 radical (unpaired) electrons. The zero-order chi connectivity index (χ0) is 13.1. The number of anilines is 1. The number of nitrogens with one attached hydrogen (secondary N) is 1. The van der Waals surface area contributed by atoms with E-state index >= 15 is 0 Å². The summed E-state index contributed by atoms with van der Waals surface area (Å²) in [5.41, 5.74) is 0.662. The van der Waals surface area contributed by atoms with Gasteiger partial charge in [-0.1, -0.05) is 0 Å². The van der Waals surface area contributed by atoms with E-state index in [1.165, 1.54) is 19.2 Å². The lowest BCUT2D eigenvalue weighted by molar-refractivity contribution is -0.141. The van der Waals surface area contributed by atoms with E-state index in [4.69, 9.17) is 0 Å². The molecule has 17 heavy (non-hydrogen) atoms. The first-order valence-corrected chi connectivity index (χ1v) is 6.88. The maximum absolute atomic E-state index is 11.2. The van der Waals surface area contributed by atoms with Gasteiger partial charge in [0.05, 0.1) is 12.0 Å². The highest BCUT2D eigenvalue weighted by Gasteiger charge is 2.13. The van der Waals surface area contributed by atoms with Crippen LogP contribution in [0.1, 0.15) is 6.92 Å². The molecule has 1 aromatic carbocycles. The number of hydrogen-bond acceptors (Lipinski definition) is 5. The van der Waals surface area contributed by atoms with Crippen molar-refractivity contribution in [1.82, 2.24) is 0 Å². The fourth-order valence-electron chi connectivity index (χ4n) is 1.28. The molecule has 1 unspecified atom stereocenters. The van der Waals surface area contributed by atoms with Gasteiger partial charge in [-0.25, -0.2) is 13.2 Å². The van der Waals surface area contributed by atoms with Gasteiger partial charge in [0.25, 0.3) is 0 Å². The molecule has 0 aliphatic rings. The number of ether oxygens (including phenoxy) is 1. The zero-order valence-corrected chi connectivity index (χ0v) is 10.7. The Morgan fingerprint density at radius 1 is 1.29 bits per heavy atom. The van der Waals surface area contributed by atoms with E-state index < -0.39 is 15.9 Å². The molecule has 0 aromatic heterocycles. The lowest BCUT2D eigenvalue weighted by atomic mass is 10.2. The summed E-state index contributed by atoms with van der Waals surface area (Å²) in [5.74, 6) is -0.378. The van der Waals surface area contributed by atoms with Crippen molar-refractivity contribution in [2.45, 2.75) is 17.9 Å². The summed E-state index contributed by atoms with van der Waals surface area (Å²) in [5, 5.41) is 2.90. The standard InChI is InChI=1S/C11H15NO4S/c1-8(11(13)16-2)12-9-4-6-10(7-5-9)17(3,14)15/h4-8,12H,1-3H3. The van der Waals surface area contributed by atoms with Gasteiger partial charge in [-0.2, -0.15) is 0 Å². The van der Waals surface area contributed by atoms with Crippen LogP contribution in [-0.4, -0.2) is 33.8 Å². The van der Waals surface area contributed by atoms with Crippen LogP contribution in [0.4, 0.5) is 5.69 Å². The first-order valence-electron chi connectivity index (χ1n) is 4.99. The van der Waals surface area contributed by atoms with Crippen LogP contribution in [0.25, 0.3) is 0 Å². The predicted molar refractivity (Wildman–Crippen MR) is 64.7 cm³/mol. The van der Waals surface area contributed by atoms with Gasteiger partial charge in [-0.15, -0.1) is 0 Å². The van der Waals surface area contributed by atoms with Crippen LogP contribution in [0.5, 0.6) is 0 Å². The van der Waals surface area contributed by atoms with Gasteiger partial charge in [0.2, 0.25) is 0 Å². The van der Waals surface area contributed by atoms with Crippen molar-refractivity contribution in [3.05, 3.63) is 24.3 Å². The van der Waals surface area contributed by atoms with Gasteiger partial charge < -0.3 is 10.1 Å². The van der Waals surface area contributed by atoms with E-state index in [1.807, 2.05) is 0 Å².